The number of hydrogen-bond acceptors (Lipinski definition) is 3. The van der Waals surface area contributed by atoms with Gasteiger partial charge < -0.3 is 14.6 Å². The number of hydrogen-bond donors (Lipinski definition) is 1. The van der Waals surface area contributed by atoms with Crippen molar-refractivity contribution in [2.45, 2.75) is 33.7 Å². The summed E-state index contributed by atoms with van der Waals surface area (Å²) in [5, 5.41) is 3.40. The minimum absolute atomic E-state index is 0.267. The quantitative estimate of drug-likeness (QED) is 0.624. The van der Waals surface area contributed by atoms with Gasteiger partial charge in [0.25, 0.3) is 0 Å². The van der Waals surface area contributed by atoms with Crippen LogP contribution in [0.25, 0.3) is 0 Å². The molecule has 0 saturated heterocycles. The first kappa shape index (κ1) is 14.8. The third-order valence-corrected chi connectivity index (χ3v) is 3.24. The Labute approximate surface area is 109 Å². The van der Waals surface area contributed by atoms with Crippen LogP contribution in [0.3, 0.4) is 0 Å². The molecule has 18 heavy (non-hydrogen) atoms. The Balaban J connectivity index is 2.64. The number of methoxy groups -OCH3 is 1. The maximum atomic E-state index is 11.6. The third kappa shape index (κ3) is 3.60. The molecule has 1 rings (SSSR count). The summed E-state index contributed by atoms with van der Waals surface area (Å²) in [5.41, 5.74) is 2.71. The summed E-state index contributed by atoms with van der Waals surface area (Å²) >= 11 is 0. The highest BCUT2D eigenvalue weighted by molar-refractivity contribution is 5.91. The molecule has 0 spiro atoms. The molecule has 1 heterocycles. The summed E-state index contributed by atoms with van der Waals surface area (Å²) in [5.74, 6) is 0.440. The van der Waals surface area contributed by atoms with Crippen LogP contribution in [0.1, 0.15) is 42.0 Å². The van der Waals surface area contributed by atoms with Gasteiger partial charge in [0.2, 0.25) is 0 Å². The van der Waals surface area contributed by atoms with E-state index in [0.29, 0.717) is 11.5 Å². The largest absolute Gasteiger partial charge is 0.465 e. The Morgan fingerprint density at radius 1 is 1.50 bits per heavy atom. The van der Waals surface area contributed by atoms with E-state index in [0.717, 1.165) is 30.9 Å². The molecule has 0 radical (unpaired) electrons. The highest BCUT2D eigenvalue weighted by atomic mass is 16.5. The zero-order valence-corrected chi connectivity index (χ0v) is 12.0. The molecule has 0 aromatic carbocycles. The van der Waals surface area contributed by atoms with Crippen LogP contribution in [-0.4, -0.2) is 24.2 Å². The molecule has 1 aromatic heterocycles. The highest BCUT2D eigenvalue weighted by Crippen LogP contribution is 2.15. The smallest absolute Gasteiger partial charge is 0.339 e. The third-order valence-electron chi connectivity index (χ3n) is 3.24. The lowest BCUT2D eigenvalue weighted by molar-refractivity contribution is 0.0600. The number of ether oxygens (including phenoxy) is 1. The molecule has 0 aliphatic heterocycles. The van der Waals surface area contributed by atoms with Gasteiger partial charge in [-0.2, -0.15) is 0 Å². The van der Waals surface area contributed by atoms with Gasteiger partial charge in [0.1, 0.15) is 0 Å². The second-order valence-corrected chi connectivity index (χ2v) is 5.04. The first-order valence-electron chi connectivity index (χ1n) is 6.41. The average Bonchev–Trinajstić information content (AvgIpc) is 2.61. The molecule has 102 valence electrons. The summed E-state index contributed by atoms with van der Waals surface area (Å²) in [6, 6.07) is 1.91. The van der Waals surface area contributed by atoms with E-state index in [1.165, 1.54) is 7.11 Å². The van der Waals surface area contributed by atoms with Crippen molar-refractivity contribution in [3.8, 4) is 0 Å². The normalized spacial score (nSPS) is 11.0. The van der Waals surface area contributed by atoms with Crippen molar-refractivity contribution in [1.82, 2.24) is 9.88 Å². The summed E-state index contributed by atoms with van der Waals surface area (Å²) in [7, 11) is 3.39. The van der Waals surface area contributed by atoms with Gasteiger partial charge in [0, 0.05) is 25.0 Å². The number of esters is 1. The zero-order valence-electron chi connectivity index (χ0n) is 12.0. The Morgan fingerprint density at radius 3 is 2.72 bits per heavy atom. The summed E-state index contributed by atoms with van der Waals surface area (Å²) in [4.78, 5) is 11.6. The maximum Gasteiger partial charge on any atom is 0.339 e. The molecule has 0 amide bonds. The molecule has 1 N–H and O–H groups in total. The van der Waals surface area contributed by atoms with Crippen LogP contribution in [0.2, 0.25) is 0 Å². The SMILES string of the molecule is COC(=O)c1cc(CNCCC(C)C)n(C)c1C. The number of carbonyl (C=O) groups excluding carboxylic acids is 1. The van der Waals surface area contributed by atoms with Gasteiger partial charge in [-0.25, -0.2) is 4.79 Å². The topological polar surface area (TPSA) is 43.3 Å². The minimum atomic E-state index is -0.267. The molecular weight excluding hydrogens is 228 g/mol. The van der Waals surface area contributed by atoms with E-state index in [2.05, 4.69) is 19.2 Å². The lowest BCUT2D eigenvalue weighted by Crippen LogP contribution is -2.18. The van der Waals surface area contributed by atoms with Crippen molar-refractivity contribution < 1.29 is 9.53 Å². The predicted octanol–water partition coefficient (Wildman–Crippen LogP) is 2.26. The number of nitrogens with zero attached hydrogens (tertiary/aromatic N) is 1. The molecule has 4 nitrogen and oxygen atoms in total. The van der Waals surface area contributed by atoms with Gasteiger partial charge in [-0.15, -0.1) is 0 Å². The lowest BCUT2D eigenvalue weighted by Gasteiger charge is -2.08. The van der Waals surface area contributed by atoms with Gasteiger partial charge in [0.15, 0.2) is 0 Å². The fraction of sp³-hybridized carbons (Fsp3) is 0.643. The van der Waals surface area contributed by atoms with E-state index in [1.807, 2.05) is 24.6 Å². The molecule has 0 aliphatic rings. The van der Waals surface area contributed by atoms with Crippen molar-refractivity contribution in [2.75, 3.05) is 13.7 Å². The van der Waals surface area contributed by atoms with E-state index in [-0.39, 0.29) is 5.97 Å². The number of rotatable bonds is 6. The zero-order chi connectivity index (χ0) is 13.7. The lowest BCUT2D eigenvalue weighted by atomic mass is 10.1. The highest BCUT2D eigenvalue weighted by Gasteiger charge is 2.15. The summed E-state index contributed by atoms with van der Waals surface area (Å²) in [6.07, 6.45) is 1.16. The van der Waals surface area contributed by atoms with Crippen molar-refractivity contribution in [3.63, 3.8) is 0 Å². The van der Waals surface area contributed by atoms with E-state index in [4.69, 9.17) is 4.74 Å². The van der Waals surface area contributed by atoms with Gasteiger partial charge in [-0.3, -0.25) is 0 Å². The standard InChI is InChI=1S/C14H24N2O2/c1-10(2)6-7-15-9-12-8-13(14(17)18-5)11(3)16(12)4/h8,10,15H,6-7,9H2,1-5H3. The van der Waals surface area contributed by atoms with E-state index in [9.17, 15) is 4.79 Å². The van der Waals surface area contributed by atoms with Crippen molar-refractivity contribution >= 4 is 5.97 Å². The fourth-order valence-corrected chi connectivity index (χ4v) is 1.86. The van der Waals surface area contributed by atoms with Crippen LogP contribution in [0.4, 0.5) is 0 Å². The predicted molar refractivity (Wildman–Crippen MR) is 72.7 cm³/mol. The van der Waals surface area contributed by atoms with E-state index < -0.39 is 0 Å². The Kier molecular flexibility index (Phi) is 5.41. The summed E-state index contributed by atoms with van der Waals surface area (Å²) in [6.45, 7) is 8.13. The van der Waals surface area contributed by atoms with Crippen LogP contribution >= 0.6 is 0 Å². The first-order valence-corrected chi connectivity index (χ1v) is 6.41. The maximum absolute atomic E-state index is 11.6. The van der Waals surface area contributed by atoms with Crippen LogP contribution in [0.5, 0.6) is 0 Å². The van der Waals surface area contributed by atoms with Crippen LogP contribution in [0, 0.1) is 12.8 Å². The molecule has 4 heteroatoms. The first-order chi connectivity index (χ1) is 8.47. The van der Waals surface area contributed by atoms with E-state index in [1.54, 1.807) is 0 Å². The minimum Gasteiger partial charge on any atom is -0.465 e. The van der Waals surface area contributed by atoms with Crippen molar-refractivity contribution in [3.05, 3.63) is 23.0 Å². The number of carbonyl (C=O) groups is 1. The van der Waals surface area contributed by atoms with E-state index >= 15 is 0 Å². The van der Waals surface area contributed by atoms with Gasteiger partial charge in [-0.05, 0) is 31.9 Å². The van der Waals surface area contributed by atoms with Crippen molar-refractivity contribution in [2.24, 2.45) is 13.0 Å². The molecule has 0 fully saturated rings. The van der Waals surface area contributed by atoms with Gasteiger partial charge in [0.05, 0.1) is 12.7 Å². The number of aromatic nitrogens is 1. The Morgan fingerprint density at radius 2 is 2.17 bits per heavy atom. The van der Waals surface area contributed by atoms with Crippen LogP contribution < -0.4 is 5.32 Å². The van der Waals surface area contributed by atoms with Crippen molar-refractivity contribution in [1.29, 1.82) is 0 Å². The van der Waals surface area contributed by atoms with Gasteiger partial charge >= 0.3 is 5.97 Å². The molecule has 0 unspecified atom stereocenters. The monoisotopic (exact) mass is 252 g/mol. The fourth-order valence-electron chi connectivity index (χ4n) is 1.86. The second kappa shape index (κ2) is 6.59. The molecule has 0 bridgehead atoms. The average molecular weight is 252 g/mol. The molecule has 1 aromatic rings. The Bertz CT molecular complexity index is 408. The molecular formula is C14H24N2O2. The molecule has 0 saturated carbocycles. The molecule has 0 aliphatic carbocycles. The summed E-state index contributed by atoms with van der Waals surface area (Å²) < 4.78 is 6.81. The second-order valence-electron chi connectivity index (χ2n) is 5.04. The van der Waals surface area contributed by atoms with Crippen LogP contribution in [-0.2, 0) is 18.3 Å². The Hall–Kier alpha value is -1.29. The molecule has 0 atom stereocenters. The van der Waals surface area contributed by atoms with Crippen LogP contribution in [0.15, 0.2) is 6.07 Å². The van der Waals surface area contributed by atoms with Gasteiger partial charge in [-0.1, -0.05) is 13.8 Å². The number of nitrogens with one attached hydrogen (secondary N) is 1.